The molecule has 110 valence electrons. The fraction of sp³-hybridized carbons (Fsp3) is 0.556. The summed E-state index contributed by atoms with van der Waals surface area (Å²) in [6, 6.07) is 8.35. The predicted molar refractivity (Wildman–Crippen MR) is 84.6 cm³/mol. The van der Waals surface area contributed by atoms with E-state index in [0.717, 1.165) is 17.8 Å². The predicted octanol–water partition coefficient (Wildman–Crippen LogP) is 3.85. The third-order valence-corrected chi connectivity index (χ3v) is 5.05. The SMILES string of the molecule is O=c1nc(C2CCCCC2)c2ccccc2n1CC1CC1. The Hall–Kier alpha value is -1.64. The van der Waals surface area contributed by atoms with Gasteiger partial charge in [0.15, 0.2) is 0 Å². The molecule has 0 saturated heterocycles. The first-order valence-electron chi connectivity index (χ1n) is 8.32. The van der Waals surface area contributed by atoms with E-state index in [1.165, 1.54) is 50.3 Å². The molecule has 2 fully saturated rings. The van der Waals surface area contributed by atoms with E-state index in [1.807, 2.05) is 10.6 Å². The van der Waals surface area contributed by atoms with Gasteiger partial charge < -0.3 is 0 Å². The van der Waals surface area contributed by atoms with Gasteiger partial charge in [0, 0.05) is 17.8 Å². The topological polar surface area (TPSA) is 34.9 Å². The molecule has 0 aliphatic heterocycles. The second kappa shape index (κ2) is 5.28. The van der Waals surface area contributed by atoms with Gasteiger partial charge in [0.2, 0.25) is 0 Å². The maximum atomic E-state index is 12.5. The number of rotatable bonds is 3. The minimum atomic E-state index is -0.0406. The summed E-state index contributed by atoms with van der Waals surface area (Å²) in [5, 5.41) is 1.20. The summed E-state index contributed by atoms with van der Waals surface area (Å²) in [5.74, 6) is 1.17. The molecule has 2 aromatic rings. The molecule has 21 heavy (non-hydrogen) atoms. The molecule has 0 atom stereocenters. The highest BCUT2D eigenvalue weighted by Crippen LogP contribution is 2.35. The third kappa shape index (κ3) is 2.50. The summed E-state index contributed by atoms with van der Waals surface area (Å²) < 4.78 is 1.90. The molecule has 1 aromatic heterocycles. The first-order valence-corrected chi connectivity index (χ1v) is 8.32. The van der Waals surface area contributed by atoms with Gasteiger partial charge in [-0.2, -0.15) is 4.98 Å². The molecule has 2 aliphatic rings. The number of nitrogens with zero attached hydrogens (tertiary/aromatic N) is 2. The molecule has 0 bridgehead atoms. The lowest BCUT2D eigenvalue weighted by molar-refractivity contribution is 0.436. The van der Waals surface area contributed by atoms with Crippen LogP contribution in [0.3, 0.4) is 0 Å². The Morgan fingerprint density at radius 2 is 1.81 bits per heavy atom. The van der Waals surface area contributed by atoms with Gasteiger partial charge in [0.05, 0.1) is 11.2 Å². The normalized spacial score (nSPS) is 20.0. The van der Waals surface area contributed by atoms with Crippen molar-refractivity contribution in [2.75, 3.05) is 0 Å². The van der Waals surface area contributed by atoms with Gasteiger partial charge in [-0.1, -0.05) is 37.5 Å². The molecular formula is C18H22N2O. The highest BCUT2D eigenvalue weighted by atomic mass is 16.1. The Bertz CT molecular complexity index is 709. The monoisotopic (exact) mass is 282 g/mol. The van der Waals surface area contributed by atoms with Crippen molar-refractivity contribution in [2.24, 2.45) is 5.92 Å². The van der Waals surface area contributed by atoms with Crippen molar-refractivity contribution in [3.05, 3.63) is 40.4 Å². The largest absolute Gasteiger partial charge is 0.348 e. The average molecular weight is 282 g/mol. The van der Waals surface area contributed by atoms with Crippen molar-refractivity contribution < 1.29 is 0 Å². The van der Waals surface area contributed by atoms with Crippen molar-refractivity contribution in [1.29, 1.82) is 0 Å². The Balaban J connectivity index is 1.85. The number of fused-ring (bicyclic) bond motifs is 1. The molecule has 4 rings (SSSR count). The van der Waals surface area contributed by atoms with Crippen LogP contribution in [0.1, 0.15) is 56.6 Å². The van der Waals surface area contributed by atoms with Crippen LogP contribution < -0.4 is 5.69 Å². The maximum Gasteiger partial charge on any atom is 0.348 e. The summed E-state index contributed by atoms with van der Waals surface area (Å²) in [5.41, 5.74) is 2.11. The van der Waals surface area contributed by atoms with Crippen molar-refractivity contribution in [3.8, 4) is 0 Å². The van der Waals surface area contributed by atoms with E-state index >= 15 is 0 Å². The fourth-order valence-electron chi connectivity index (χ4n) is 3.67. The summed E-state index contributed by atoms with van der Waals surface area (Å²) in [6.45, 7) is 0.845. The number of hydrogen-bond donors (Lipinski definition) is 0. The van der Waals surface area contributed by atoms with E-state index in [9.17, 15) is 4.79 Å². The Morgan fingerprint density at radius 3 is 2.57 bits per heavy atom. The van der Waals surface area contributed by atoms with Crippen molar-refractivity contribution in [3.63, 3.8) is 0 Å². The van der Waals surface area contributed by atoms with Gasteiger partial charge >= 0.3 is 5.69 Å². The minimum absolute atomic E-state index is 0.0406. The Kier molecular flexibility index (Phi) is 3.28. The van der Waals surface area contributed by atoms with Gasteiger partial charge in [-0.3, -0.25) is 4.57 Å². The average Bonchev–Trinajstić information content (AvgIpc) is 3.35. The van der Waals surface area contributed by atoms with E-state index in [4.69, 9.17) is 0 Å². The van der Waals surface area contributed by atoms with Crippen LogP contribution in [0, 0.1) is 5.92 Å². The highest BCUT2D eigenvalue weighted by Gasteiger charge is 2.25. The molecule has 3 nitrogen and oxygen atoms in total. The summed E-state index contributed by atoms with van der Waals surface area (Å²) in [6.07, 6.45) is 8.74. The second-order valence-electron chi connectivity index (χ2n) is 6.69. The van der Waals surface area contributed by atoms with Crippen molar-refractivity contribution in [2.45, 2.75) is 57.4 Å². The number of aromatic nitrogens is 2. The number of para-hydroxylation sites is 1. The standard InChI is InChI=1S/C18H22N2O/c21-18-19-17(14-6-2-1-3-7-14)15-8-4-5-9-16(15)20(18)12-13-10-11-13/h4-5,8-9,13-14H,1-3,6-7,10-12H2. The summed E-state index contributed by atoms with van der Waals surface area (Å²) >= 11 is 0. The zero-order valence-electron chi connectivity index (χ0n) is 12.4. The van der Waals surface area contributed by atoms with E-state index < -0.39 is 0 Å². The van der Waals surface area contributed by atoms with Crippen LogP contribution in [-0.2, 0) is 6.54 Å². The zero-order chi connectivity index (χ0) is 14.2. The third-order valence-electron chi connectivity index (χ3n) is 5.05. The molecule has 3 heteroatoms. The molecule has 0 amide bonds. The zero-order valence-corrected chi connectivity index (χ0v) is 12.4. The van der Waals surface area contributed by atoms with E-state index in [-0.39, 0.29) is 5.69 Å². The molecule has 2 saturated carbocycles. The number of hydrogen-bond acceptors (Lipinski definition) is 2. The van der Waals surface area contributed by atoms with Crippen molar-refractivity contribution >= 4 is 10.9 Å². The summed E-state index contributed by atoms with van der Waals surface area (Å²) in [7, 11) is 0. The minimum Gasteiger partial charge on any atom is -0.292 e. The van der Waals surface area contributed by atoms with Crippen LogP contribution in [-0.4, -0.2) is 9.55 Å². The van der Waals surface area contributed by atoms with Crippen LogP contribution in [0.25, 0.3) is 10.9 Å². The molecule has 0 spiro atoms. The fourth-order valence-corrected chi connectivity index (χ4v) is 3.67. The van der Waals surface area contributed by atoms with E-state index in [2.05, 4.69) is 23.2 Å². The van der Waals surface area contributed by atoms with Crippen LogP contribution in [0.2, 0.25) is 0 Å². The van der Waals surface area contributed by atoms with Crippen molar-refractivity contribution in [1.82, 2.24) is 9.55 Å². The van der Waals surface area contributed by atoms with Gasteiger partial charge in [-0.05, 0) is 37.7 Å². The molecule has 0 radical (unpaired) electrons. The van der Waals surface area contributed by atoms with Gasteiger partial charge in [-0.15, -0.1) is 0 Å². The second-order valence-corrected chi connectivity index (χ2v) is 6.69. The van der Waals surface area contributed by atoms with Gasteiger partial charge in [0.25, 0.3) is 0 Å². The Morgan fingerprint density at radius 1 is 1.05 bits per heavy atom. The molecular weight excluding hydrogens is 260 g/mol. The lowest BCUT2D eigenvalue weighted by Gasteiger charge is -2.23. The highest BCUT2D eigenvalue weighted by molar-refractivity contribution is 5.81. The Labute approximate surface area is 125 Å². The van der Waals surface area contributed by atoms with E-state index in [1.54, 1.807) is 0 Å². The van der Waals surface area contributed by atoms with Crippen LogP contribution in [0.5, 0.6) is 0 Å². The molecule has 2 aliphatic carbocycles. The maximum absolute atomic E-state index is 12.5. The van der Waals surface area contributed by atoms with Gasteiger partial charge in [0.1, 0.15) is 0 Å². The quantitative estimate of drug-likeness (QED) is 0.857. The molecule has 1 heterocycles. The lowest BCUT2D eigenvalue weighted by Crippen LogP contribution is -2.27. The van der Waals surface area contributed by atoms with Crippen LogP contribution in [0.15, 0.2) is 29.1 Å². The summed E-state index contributed by atoms with van der Waals surface area (Å²) in [4.78, 5) is 17.0. The van der Waals surface area contributed by atoms with Crippen LogP contribution in [0.4, 0.5) is 0 Å². The van der Waals surface area contributed by atoms with Crippen LogP contribution >= 0.6 is 0 Å². The van der Waals surface area contributed by atoms with E-state index in [0.29, 0.717) is 11.8 Å². The molecule has 1 aromatic carbocycles. The number of benzene rings is 1. The van der Waals surface area contributed by atoms with Gasteiger partial charge in [-0.25, -0.2) is 4.79 Å². The first-order chi connectivity index (χ1) is 10.3. The smallest absolute Gasteiger partial charge is 0.292 e. The molecule has 0 N–H and O–H groups in total. The molecule has 0 unspecified atom stereocenters. The lowest BCUT2D eigenvalue weighted by atomic mass is 9.85. The first kappa shape index (κ1) is 13.1.